The Bertz CT molecular complexity index is 567. The van der Waals surface area contributed by atoms with Crippen molar-refractivity contribution in [2.24, 2.45) is 34.0 Å². The van der Waals surface area contributed by atoms with Gasteiger partial charge in [0.1, 0.15) is 11.6 Å². The van der Waals surface area contributed by atoms with Crippen LogP contribution in [0.2, 0.25) is 0 Å². The molecule has 3 saturated carbocycles. The van der Waals surface area contributed by atoms with Crippen LogP contribution in [0.25, 0.3) is 0 Å². The molecule has 0 aromatic heterocycles. The van der Waals surface area contributed by atoms with Crippen LogP contribution in [0.4, 0.5) is 0 Å². The first-order chi connectivity index (χ1) is 10.6. The van der Waals surface area contributed by atoms with Crippen LogP contribution in [-0.2, 0) is 9.59 Å². The Kier molecular flexibility index (Phi) is 3.68. The summed E-state index contributed by atoms with van der Waals surface area (Å²) < 4.78 is 0. The quantitative estimate of drug-likeness (QED) is 0.752. The Hall–Kier alpha value is -0.960. The van der Waals surface area contributed by atoms with Crippen molar-refractivity contribution in [2.75, 3.05) is 0 Å². The van der Waals surface area contributed by atoms with Crippen LogP contribution in [0.5, 0.6) is 0 Å². The number of ketones is 2. The minimum Gasteiger partial charge on any atom is -0.392 e. The van der Waals surface area contributed by atoms with E-state index in [2.05, 4.69) is 20.4 Å². The minimum absolute atomic E-state index is 0.00174. The summed E-state index contributed by atoms with van der Waals surface area (Å²) in [5.74, 6) is 0.384. The van der Waals surface area contributed by atoms with E-state index < -0.39 is 16.9 Å². The van der Waals surface area contributed by atoms with Gasteiger partial charge in [-0.05, 0) is 36.5 Å². The van der Waals surface area contributed by atoms with Crippen molar-refractivity contribution in [2.45, 2.75) is 65.9 Å². The van der Waals surface area contributed by atoms with Gasteiger partial charge in [0.15, 0.2) is 0 Å². The third-order valence-corrected chi connectivity index (χ3v) is 8.06. The van der Waals surface area contributed by atoms with Crippen molar-refractivity contribution < 1.29 is 14.7 Å². The Morgan fingerprint density at radius 1 is 1.22 bits per heavy atom. The summed E-state index contributed by atoms with van der Waals surface area (Å²) in [6.07, 6.45) is 4.69. The van der Waals surface area contributed by atoms with Crippen molar-refractivity contribution in [3.05, 3.63) is 12.7 Å². The number of aliphatic hydroxyl groups excluding tert-OH is 1. The zero-order valence-electron chi connectivity index (χ0n) is 14.9. The average Bonchev–Trinajstić information content (AvgIpc) is 2.87. The Morgan fingerprint density at radius 3 is 2.48 bits per heavy atom. The predicted octanol–water partition coefficient (Wildman–Crippen LogP) is 3.55. The van der Waals surface area contributed by atoms with Crippen LogP contribution in [-0.4, -0.2) is 22.8 Å². The zero-order valence-corrected chi connectivity index (χ0v) is 14.9. The lowest BCUT2D eigenvalue weighted by Gasteiger charge is -2.59. The molecule has 3 nitrogen and oxygen atoms in total. The molecule has 0 aromatic rings. The molecule has 3 heteroatoms. The van der Waals surface area contributed by atoms with Crippen molar-refractivity contribution in [3.8, 4) is 0 Å². The molecule has 3 aliphatic carbocycles. The molecule has 0 saturated heterocycles. The van der Waals surface area contributed by atoms with Gasteiger partial charge in [0, 0.05) is 29.6 Å². The van der Waals surface area contributed by atoms with Crippen molar-refractivity contribution in [3.63, 3.8) is 0 Å². The molecule has 7 atom stereocenters. The summed E-state index contributed by atoms with van der Waals surface area (Å²) in [6.45, 7) is 12.1. The highest BCUT2D eigenvalue weighted by Crippen LogP contribution is 2.66. The standard InChI is InChI=1S/C20H30O3/c1-6-18(4)11-15(22)19(5)12(2)7-9-20(13(3)17(18)23)10-8-14(21)16(19)20/h6,12-13,16-17,23H,1,7-11H2,2-5H3/t12-,13+,16-,17+,18-,19+,20+/m1/s1. The third-order valence-electron chi connectivity index (χ3n) is 8.06. The van der Waals surface area contributed by atoms with Gasteiger partial charge >= 0.3 is 0 Å². The molecule has 3 fully saturated rings. The maximum atomic E-state index is 13.3. The van der Waals surface area contributed by atoms with Gasteiger partial charge < -0.3 is 5.11 Å². The van der Waals surface area contributed by atoms with E-state index in [0.717, 1.165) is 19.3 Å². The highest BCUT2D eigenvalue weighted by molar-refractivity contribution is 5.95. The molecule has 3 rings (SSSR count). The number of Topliss-reactive ketones (excluding diaryl/α,β-unsaturated/α-hetero) is 2. The van der Waals surface area contributed by atoms with Gasteiger partial charge in [0.05, 0.1) is 6.10 Å². The number of carbonyl (C=O) groups is 2. The maximum absolute atomic E-state index is 13.3. The van der Waals surface area contributed by atoms with E-state index in [-0.39, 0.29) is 41.2 Å². The van der Waals surface area contributed by atoms with Crippen molar-refractivity contribution >= 4 is 11.6 Å². The summed E-state index contributed by atoms with van der Waals surface area (Å²) in [5, 5.41) is 11.1. The molecule has 0 spiro atoms. The Balaban J connectivity index is 2.23. The smallest absolute Gasteiger partial charge is 0.140 e. The normalized spacial score (nSPS) is 53.4. The fraction of sp³-hybridized carbons (Fsp3) is 0.800. The lowest BCUT2D eigenvalue weighted by Crippen LogP contribution is -2.61. The van der Waals surface area contributed by atoms with Gasteiger partial charge in [0.25, 0.3) is 0 Å². The van der Waals surface area contributed by atoms with Crippen LogP contribution in [0.3, 0.4) is 0 Å². The lowest BCUT2D eigenvalue weighted by atomic mass is 9.44. The van der Waals surface area contributed by atoms with Crippen LogP contribution >= 0.6 is 0 Å². The number of hydrogen-bond acceptors (Lipinski definition) is 3. The number of carbonyl (C=O) groups excluding carboxylic acids is 2. The Morgan fingerprint density at radius 2 is 1.87 bits per heavy atom. The topological polar surface area (TPSA) is 54.4 Å². The van der Waals surface area contributed by atoms with Crippen LogP contribution < -0.4 is 0 Å². The maximum Gasteiger partial charge on any atom is 0.140 e. The molecule has 1 N–H and O–H groups in total. The monoisotopic (exact) mass is 318 g/mol. The molecule has 0 radical (unpaired) electrons. The first-order valence-corrected chi connectivity index (χ1v) is 9.01. The highest BCUT2D eigenvalue weighted by Gasteiger charge is 2.67. The van der Waals surface area contributed by atoms with Crippen LogP contribution in [0.15, 0.2) is 12.7 Å². The van der Waals surface area contributed by atoms with E-state index in [4.69, 9.17) is 0 Å². The van der Waals surface area contributed by atoms with Crippen molar-refractivity contribution in [1.29, 1.82) is 0 Å². The summed E-state index contributed by atoms with van der Waals surface area (Å²) in [6, 6.07) is 0. The molecule has 0 heterocycles. The van der Waals surface area contributed by atoms with Gasteiger partial charge in [-0.3, -0.25) is 9.59 Å². The first-order valence-electron chi connectivity index (χ1n) is 9.01. The summed E-state index contributed by atoms with van der Waals surface area (Å²) in [5.41, 5.74) is -1.43. The fourth-order valence-electron chi connectivity index (χ4n) is 6.11. The van der Waals surface area contributed by atoms with E-state index in [1.165, 1.54) is 0 Å². The molecule has 0 unspecified atom stereocenters. The summed E-state index contributed by atoms with van der Waals surface area (Å²) in [7, 11) is 0. The molecular weight excluding hydrogens is 288 g/mol. The average molecular weight is 318 g/mol. The van der Waals surface area contributed by atoms with Crippen LogP contribution in [0, 0.1) is 34.0 Å². The fourth-order valence-corrected chi connectivity index (χ4v) is 6.11. The second-order valence-corrected chi connectivity index (χ2v) is 8.90. The van der Waals surface area contributed by atoms with Gasteiger partial charge in [-0.2, -0.15) is 0 Å². The molecule has 0 aromatic carbocycles. The first kappa shape index (κ1) is 16.9. The lowest BCUT2D eigenvalue weighted by molar-refractivity contribution is -0.172. The van der Waals surface area contributed by atoms with Gasteiger partial charge in [-0.15, -0.1) is 6.58 Å². The second-order valence-electron chi connectivity index (χ2n) is 8.90. The van der Waals surface area contributed by atoms with Gasteiger partial charge in [0.2, 0.25) is 0 Å². The van der Waals surface area contributed by atoms with E-state index >= 15 is 0 Å². The van der Waals surface area contributed by atoms with Crippen LogP contribution in [0.1, 0.15) is 59.8 Å². The largest absolute Gasteiger partial charge is 0.392 e. The molecule has 0 amide bonds. The SMILES string of the molecule is C=C[C@]1(C)CC(=O)[C@]2(C)[C@H](C)CC[C@]3(CCC(=O)[C@@H]32)[C@@H](C)[C@@H]1O. The zero-order chi connectivity index (χ0) is 17.2. The second kappa shape index (κ2) is 5.02. The van der Waals surface area contributed by atoms with Crippen molar-refractivity contribution in [1.82, 2.24) is 0 Å². The molecule has 23 heavy (non-hydrogen) atoms. The molecule has 0 aliphatic heterocycles. The predicted molar refractivity (Wildman–Crippen MR) is 89.8 cm³/mol. The van der Waals surface area contributed by atoms with Gasteiger partial charge in [-0.25, -0.2) is 0 Å². The molecule has 2 bridgehead atoms. The van der Waals surface area contributed by atoms with E-state index in [9.17, 15) is 14.7 Å². The molecule has 3 aliphatic rings. The third kappa shape index (κ3) is 1.92. The van der Waals surface area contributed by atoms with E-state index in [1.54, 1.807) is 6.08 Å². The highest BCUT2D eigenvalue weighted by atomic mass is 16.3. The molecular formula is C20H30O3. The number of hydrogen-bond donors (Lipinski definition) is 1. The number of aliphatic hydroxyl groups is 1. The van der Waals surface area contributed by atoms with Gasteiger partial charge in [-0.1, -0.05) is 33.8 Å². The molecule has 128 valence electrons. The Labute approximate surface area is 139 Å². The van der Waals surface area contributed by atoms with E-state index in [0.29, 0.717) is 6.42 Å². The summed E-state index contributed by atoms with van der Waals surface area (Å²) >= 11 is 0. The minimum atomic E-state index is -0.629. The number of rotatable bonds is 1. The summed E-state index contributed by atoms with van der Waals surface area (Å²) in [4.78, 5) is 26.1. The van der Waals surface area contributed by atoms with E-state index in [1.807, 2.05) is 13.8 Å².